The molecule has 17 heavy (non-hydrogen) atoms. The van der Waals surface area contributed by atoms with Crippen molar-refractivity contribution >= 4 is 17.5 Å². The van der Waals surface area contributed by atoms with Crippen molar-refractivity contribution in [2.75, 3.05) is 6.54 Å². The second-order valence-corrected chi connectivity index (χ2v) is 3.07. The van der Waals surface area contributed by atoms with E-state index in [1.54, 1.807) is 0 Å². The first-order valence-electron chi connectivity index (χ1n) is 4.42. The summed E-state index contributed by atoms with van der Waals surface area (Å²) in [6.07, 6.45) is 0. The average molecular weight is 241 g/mol. The lowest BCUT2D eigenvalue weighted by atomic mass is 10.1. The highest BCUT2D eigenvalue weighted by atomic mass is 19.1. The molecule has 0 bridgehead atoms. The van der Waals surface area contributed by atoms with Crippen LogP contribution in [0.4, 0.5) is 10.1 Å². The van der Waals surface area contributed by atoms with E-state index in [4.69, 9.17) is 5.73 Å². The maximum absolute atomic E-state index is 12.9. The molecule has 2 amide bonds. The molecule has 7 nitrogen and oxygen atoms in total. The largest absolute Gasteiger partial charge is 0.368 e. The van der Waals surface area contributed by atoms with Crippen molar-refractivity contribution < 1.29 is 18.9 Å². The predicted molar refractivity (Wildman–Crippen MR) is 54.6 cm³/mol. The molecule has 8 heteroatoms. The molecule has 0 heterocycles. The van der Waals surface area contributed by atoms with E-state index in [9.17, 15) is 24.1 Å². The highest BCUT2D eigenvalue weighted by Crippen LogP contribution is 2.19. The van der Waals surface area contributed by atoms with Gasteiger partial charge in [-0.25, -0.2) is 4.39 Å². The van der Waals surface area contributed by atoms with E-state index in [1.165, 1.54) is 0 Å². The summed E-state index contributed by atoms with van der Waals surface area (Å²) < 4.78 is 12.9. The molecule has 1 aromatic carbocycles. The second kappa shape index (κ2) is 5.01. The number of rotatable bonds is 4. The van der Waals surface area contributed by atoms with Crippen molar-refractivity contribution in [2.45, 2.75) is 0 Å². The minimum atomic E-state index is -0.935. The van der Waals surface area contributed by atoms with Gasteiger partial charge in [0.2, 0.25) is 5.91 Å². The normalized spacial score (nSPS) is 9.71. The summed E-state index contributed by atoms with van der Waals surface area (Å²) in [6.45, 7) is -0.480. The van der Waals surface area contributed by atoms with Crippen LogP contribution in [-0.4, -0.2) is 23.3 Å². The minimum Gasteiger partial charge on any atom is -0.368 e. The van der Waals surface area contributed by atoms with Gasteiger partial charge in [0.25, 0.3) is 11.6 Å². The number of halogens is 1. The van der Waals surface area contributed by atoms with Crippen LogP contribution in [0.15, 0.2) is 18.2 Å². The number of primary amides is 1. The van der Waals surface area contributed by atoms with Gasteiger partial charge >= 0.3 is 0 Å². The van der Waals surface area contributed by atoms with E-state index in [1.807, 2.05) is 5.32 Å². The Balaban J connectivity index is 3.02. The lowest BCUT2D eigenvalue weighted by Gasteiger charge is -2.03. The number of nitrogens with one attached hydrogen (secondary N) is 1. The maximum atomic E-state index is 12.9. The Kier molecular flexibility index (Phi) is 3.70. The molecule has 3 N–H and O–H groups in total. The van der Waals surface area contributed by atoms with Gasteiger partial charge in [0.15, 0.2) is 0 Å². The Morgan fingerprint density at radius 1 is 1.47 bits per heavy atom. The van der Waals surface area contributed by atoms with Gasteiger partial charge in [0.05, 0.1) is 11.5 Å². The fraction of sp³-hybridized carbons (Fsp3) is 0.111. The van der Waals surface area contributed by atoms with E-state index >= 15 is 0 Å². The number of benzene rings is 1. The summed E-state index contributed by atoms with van der Waals surface area (Å²) >= 11 is 0. The molecule has 0 radical (unpaired) electrons. The summed E-state index contributed by atoms with van der Waals surface area (Å²) in [7, 11) is 0. The lowest BCUT2D eigenvalue weighted by Crippen LogP contribution is -2.33. The first kappa shape index (κ1) is 12.6. The molecule has 0 aromatic heterocycles. The van der Waals surface area contributed by atoms with E-state index < -0.39 is 40.4 Å². The van der Waals surface area contributed by atoms with Crippen molar-refractivity contribution in [2.24, 2.45) is 5.73 Å². The van der Waals surface area contributed by atoms with Crippen LogP contribution < -0.4 is 11.1 Å². The van der Waals surface area contributed by atoms with E-state index in [0.29, 0.717) is 6.07 Å². The van der Waals surface area contributed by atoms with Crippen LogP contribution >= 0.6 is 0 Å². The van der Waals surface area contributed by atoms with Crippen molar-refractivity contribution in [3.05, 3.63) is 39.7 Å². The molecule has 0 aliphatic carbocycles. The van der Waals surface area contributed by atoms with Crippen LogP contribution in [0.25, 0.3) is 0 Å². The van der Waals surface area contributed by atoms with Gasteiger partial charge in [-0.1, -0.05) is 0 Å². The van der Waals surface area contributed by atoms with Crippen LogP contribution in [0.2, 0.25) is 0 Å². The number of carbonyl (C=O) groups excluding carboxylic acids is 2. The van der Waals surface area contributed by atoms with Crippen LogP contribution in [0.5, 0.6) is 0 Å². The van der Waals surface area contributed by atoms with Gasteiger partial charge in [0.1, 0.15) is 11.4 Å². The molecule has 0 aliphatic heterocycles. The maximum Gasteiger partial charge on any atom is 0.282 e. The van der Waals surface area contributed by atoms with Crippen LogP contribution in [0.1, 0.15) is 10.4 Å². The number of carbonyl (C=O) groups is 2. The number of nitro groups is 1. The summed E-state index contributed by atoms with van der Waals surface area (Å²) in [5.74, 6) is -2.53. The van der Waals surface area contributed by atoms with Crippen molar-refractivity contribution in [3.63, 3.8) is 0 Å². The third-order valence-corrected chi connectivity index (χ3v) is 1.82. The van der Waals surface area contributed by atoms with Crippen LogP contribution in [0, 0.1) is 15.9 Å². The molecule has 0 saturated carbocycles. The lowest BCUT2D eigenvalue weighted by molar-refractivity contribution is -0.385. The highest BCUT2D eigenvalue weighted by molar-refractivity contribution is 5.99. The first-order chi connectivity index (χ1) is 7.91. The topological polar surface area (TPSA) is 115 Å². The van der Waals surface area contributed by atoms with E-state index in [2.05, 4.69) is 0 Å². The fourth-order valence-electron chi connectivity index (χ4n) is 1.11. The summed E-state index contributed by atoms with van der Waals surface area (Å²) in [5.41, 5.74) is 3.78. The number of nitro benzene ring substituents is 1. The summed E-state index contributed by atoms with van der Waals surface area (Å²) in [6, 6.07) is 2.45. The third-order valence-electron chi connectivity index (χ3n) is 1.82. The number of hydrogen-bond acceptors (Lipinski definition) is 4. The minimum absolute atomic E-state index is 0.462. The summed E-state index contributed by atoms with van der Waals surface area (Å²) in [5, 5.41) is 12.6. The monoisotopic (exact) mass is 241 g/mol. The molecule has 0 aliphatic rings. The number of nitrogens with zero attached hydrogens (tertiary/aromatic N) is 1. The molecule has 0 atom stereocenters. The SMILES string of the molecule is NC(=O)CNC(=O)c1cc(F)ccc1[N+](=O)[O-]. The first-order valence-corrected chi connectivity index (χ1v) is 4.42. The average Bonchev–Trinajstić information content (AvgIpc) is 2.25. The van der Waals surface area contributed by atoms with Gasteiger partial charge in [-0.2, -0.15) is 0 Å². The number of nitrogens with two attached hydrogens (primary N) is 1. The highest BCUT2D eigenvalue weighted by Gasteiger charge is 2.20. The van der Waals surface area contributed by atoms with Gasteiger partial charge in [0, 0.05) is 6.07 Å². The Morgan fingerprint density at radius 3 is 2.65 bits per heavy atom. The fourth-order valence-corrected chi connectivity index (χ4v) is 1.11. The van der Waals surface area contributed by atoms with Gasteiger partial charge < -0.3 is 11.1 Å². The smallest absolute Gasteiger partial charge is 0.282 e. The van der Waals surface area contributed by atoms with E-state index in [0.717, 1.165) is 12.1 Å². The van der Waals surface area contributed by atoms with Gasteiger partial charge in [-0.15, -0.1) is 0 Å². The zero-order chi connectivity index (χ0) is 13.0. The molecule has 0 unspecified atom stereocenters. The van der Waals surface area contributed by atoms with E-state index in [-0.39, 0.29) is 0 Å². The van der Waals surface area contributed by atoms with Crippen LogP contribution in [0.3, 0.4) is 0 Å². The quantitative estimate of drug-likeness (QED) is 0.567. The van der Waals surface area contributed by atoms with Gasteiger partial charge in [-0.3, -0.25) is 19.7 Å². The molecule has 90 valence electrons. The van der Waals surface area contributed by atoms with Crippen LogP contribution in [-0.2, 0) is 4.79 Å². The zero-order valence-electron chi connectivity index (χ0n) is 8.47. The summed E-state index contributed by atoms with van der Waals surface area (Å²) in [4.78, 5) is 31.6. The third kappa shape index (κ3) is 3.23. The van der Waals surface area contributed by atoms with Crippen molar-refractivity contribution in [3.8, 4) is 0 Å². The molecule has 0 saturated heterocycles. The molecule has 0 fully saturated rings. The van der Waals surface area contributed by atoms with Gasteiger partial charge in [-0.05, 0) is 12.1 Å². The second-order valence-electron chi connectivity index (χ2n) is 3.07. The molecular formula is C9H8FN3O4. The predicted octanol–water partition coefficient (Wildman–Crippen LogP) is -0.0510. The number of hydrogen-bond donors (Lipinski definition) is 2. The zero-order valence-corrected chi connectivity index (χ0v) is 8.47. The Hall–Kier alpha value is -2.51. The molecule has 1 rings (SSSR count). The Morgan fingerprint density at radius 2 is 2.12 bits per heavy atom. The standard InChI is InChI=1S/C9H8FN3O4/c10-5-1-2-7(13(16)17)6(3-5)9(15)12-4-8(11)14/h1-3H,4H2,(H2,11,14)(H,12,15). The molecular weight excluding hydrogens is 233 g/mol. The Labute approximate surface area is 94.6 Å². The Bertz CT molecular complexity index is 489. The molecule has 0 spiro atoms. The van der Waals surface area contributed by atoms with Crippen molar-refractivity contribution in [1.82, 2.24) is 5.32 Å². The molecule has 1 aromatic rings. The number of amides is 2. The van der Waals surface area contributed by atoms with Crippen molar-refractivity contribution in [1.29, 1.82) is 0 Å².